The minimum atomic E-state index is 0.241. The third-order valence-electron chi connectivity index (χ3n) is 5.64. The van der Waals surface area contributed by atoms with Crippen molar-refractivity contribution < 1.29 is 4.79 Å². The van der Waals surface area contributed by atoms with E-state index >= 15 is 0 Å². The van der Waals surface area contributed by atoms with E-state index in [9.17, 15) is 4.79 Å². The zero-order valence-electron chi connectivity index (χ0n) is 16.7. The van der Waals surface area contributed by atoms with Crippen molar-refractivity contribution >= 4 is 11.9 Å². The Labute approximate surface area is 163 Å². The van der Waals surface area contributed by atoms with Gasteiger partial charge in [-0.25, -0.2) is 0 Å². The van der Waals surface area contributed by atoms with Crippen LogP contribution in [0.5, 0.6) is 0 Å². The lowest BCUT2D eigenvalue weighted by Gasteiger charge is -2.26. The molecule has 0 radical (unpaired) electrons. The third kappa shape index (κ3) is 5.45. The van der Waals surface area contributed by atoms with Crippen LogP contribution in [0.3, 0.4) is 0 Å². The Morgan fingerprint density at radius 2 is 2.04 bits per heavy atom. The summed E-state index contributed by atoms with van der Waals surface area (Å²) in [5, 5.41) is 7.00. The summed E-state index contributed by atoms with van der Waals surface area (Å²) in [6.45, 7) is 6.61. The molecule has 2 atom stereocenters. The molecule has 1 aromatic carbocycles. The molecular weight excluding hydrogens is 338 g/mol. The van der Waals surface area contributed by atoms with Gasteiger partial charge in [0.05, 0.1) is 0 Å². The monoisotopic (exact) mass is 371 g/mol. The maximum atomic E-state index is 11.8. The lowest BCUT2D eigenvalue weighted by Crippen LogP contribution is -2.48. The van der Waals surface area contributed by atoms with E-state index in [-0.39, 0.29) is 11.9 Å². The molecule has 6 heteroatoms. The summed E-state index contributed by atoms with van der Waals surface area (Å²) < 4.78 is 0. The summed E-state index contributed by atoms with van der Waals surface area (Å²) in [5.41, 5.74) is 1.37. The van der Waals surface area contributed by atoms with Crippen molar-refractivity contribution in [3.05, 3.63) is 35.9 Å². The third-order valence-corrected chi connectivity index (χ3v) is 5.64. The number of aliphatic imine (C=N–C) groups is 1. The number of rotatable bonds is 6. The maximum absolute atomic E-state index is 11.8. The summed E-state index contributed by atoms with van der Waals surface area (Å²) in [6, 6.07) is 11.5. The Kier molecular flexibility index (Phi) is 7.10. The highest BCUT2D eigenvalue weighted by Crippen LogP contribution is 2.19. The normalized spacial score (nSPS) is 23.6. The fourth-order valence-electron chi connectivity index (χ4n) is 4.08. The minimum absolute atomic E-state index is 0.241. The second-order valence-corrected chi connectivity index (χ2v) is 7.53. The van der Waals surface area contributed by atoms with Crippen LogP contribution in [0, 0.1) is 0 Å². The summed E-state index contributed by atoms with van der Waals surface area (Å²) in [6.07, 6.45) is 4.04. The molecule has 0 saturated carbocycles. The fourth-order valence-corrected chi connectivity index (χ4v) is 4.08. The Balaban J connectivity index is 1.45. The molecule has 1 aromatic rings. The summed E-state index contributed by atoms with van der Waals surface area (Å²) >= 11 is 0. The van der Waals surface area contributed by atoms with Crippen molar-refractivity contribution in [3.63, 3.8) is 0 Å². The molecule has 2 aliphatic rings. The van der Waals surface area contributed by atoms with Gasteiger partial charge in [0.25, 0.3) is 0 Å². The van der Waals surface area contributed by atoms with Gasteiger partial charge in [0.1, 0.15) is 0 Å². The average Bonchev–Trinajstić information content (AvgIpc) is 3.35. The van der Waals surface area contributed by atoms with Gasteiger partial charge in [0, 0.05) is 51.7 Å². The zero-order valence-corrected chi connectivity index (χ0v) is 16.7. The predicted octanol–water partition coefficient (Wildman–Crippen LogP) is 1.83. The Morgan fingerprint density at radius 1 is 1.22 bits per heavy atom. The van der Waals surface area contributed by atoms with Crippen molar-refractivity contribution in [2.24, 2.45) is 4.99 Å². The molecule has 1 amide bonds. The fraction of sp³-hybridized carbons (Fsp3) is 0.619. The number of likely N-dealkylation sites (tertiary alicyclic amines) is 2. The largest absolute Gasteiger partial charge is 0.355 e. The van der Waals surface area contributed by atoms with Gasteiger partial charge in [0.2, 0.25) is 5.91 Å². The number of hydrogen-bond donors (Lipinski definition) is 2. The second kappa shape index (κ2) is 9.74. The van der Waals surface area contributed by atoms with E-state index in [2.05, 4.69) is 50.9 Å². The van der Waals surface area contributed by atoms with Gasteiger partial charge >= 0.3 is 0 Å². The molecule has 2 unspecified atom stereocenters. The van der Waals surface area contributed by atoms with Crippen molar-refractivity contribution in [1.82, 2.24) is 20.4 Å². The van der Waals surface area contributed by atoms with E-state index in [0.29, 0.717) is 12.5 Å². The first-order chi connectivity index (χ1) is 13.2. The number of nitrogens with zero attached hydrogens (tertiary/aromatic N) is 3. The first kappa shape index (κ1) is 19.7. The number of benzene rings is 1. The lowest BCUT2D eigenvalue weighted by molar-refractivity contribution is -0.129. The molecule has 0 bridgehead atoms. The van der Waals surface area contributed by atoms with Gasteiger partial charge in [-0.3, -0.25) is 14.7 Å². The standard InChI is InChI=1S/C21H33N5O/c1-3-20(27)26-13-11-18(16-26)24-21(22-2)23-14-19-10-7-12-25(19)15-17-8-5-4-6-9-17/h4-6,8-9,18-19H,3,7,10-16H2,1-2H3,(H2,22,23,24). The van der Waals surface area contributed by atoms with Crippen LogP contribution < -0.4 is 10.6 Å². The number of nitrogens with one attached hydrogen (secondary N) is 2. The van der Waals surface area contributed by atoms with Gasteiger partial charge in [-0.2, -0.15) is 0 Å². The van der Waals surface area contributed by atoms with Gasteiger partial charge in [-0.15, -0.1) is 0 Å². The summed E-state index contributed by atoms with van der Waals surface area (Å²) in [4.78, 5) is 20.7. The van der Waals surface area contributed by atoms with Gasteiger partial charge in [0.15, 0.2) is 5.96 Å². The molecule has 6 nitrogen and oxygen atoms in total. The minimum Gasteiger partial charge on any atom is -0.355 e. The predicted molar refractivity (Wildman–Crippen MR) is 110 cm³/mol. The number of guanidine groups is 1. The average molecular weight is 372 g/mol. The van der Waals surface area contributed by atoms with E-state index in [1.807, 2.05) is 18.9 Å². The molecule has 0 aliphatic carbocycles. The number of amides is 1. The smallest absolute Gasteiger partial charge is 0.222 e. The summed E-state index contributed by atoms with van der Waals surface area (Å²) in [5.74, 6) is 1.09. The van der Waals surface area contributed by atoms with Crippen molar-refractivity contribution in [3.8, 4) is 0 Å². The Bertz CT molecular complexity index is 633. The van der Waals surface area contributed by atoms with Crippen LogP contribution >= 0.6 is 0 Å². The molecular formula is C21H33N5O. The van der Waals surface area contributed by atoms with Crippen molar-refractivity contribution in [1.29, 1.82) is 0 Å². The first-order valence-electron chi connectivity index (χ1n) is 10.2. The van der Waals surface area contributed by atoms with Crippen LogP contribution in [-0.2, 0) is 11.3 Å². The van der Waals surface area contributed by atoms with Gasteiger partial charge < -0.3 is 15.5 Å². The van der Waals surface area contributed by atoms with Crippen LogP contribution in [-0.4, -0.2) is 67.0 Å². The topological polar surface area (TPSA) is 60.0 Å². The molecule has 2 N–H and O–H groups in total. The SMILES string of the molecule is CCC(=O)N1CCC(NC(=NC)NCC2CCCN2Cc2ccccc2)C1. The van der Waals surface area contributed by atoms with Crippen molar-refractivity contribution in [2.45, 2.75) is 51.2 Å². The number of carbonyl (C=O) groups excluding carboxylic acids is 1. The highest BCUT2D eigenvalue weighted by atomic mass is 16.2. The van der Waals surface area contributed by atoms with E-state index < -0.39 is 0 Å². The maximum Gasteiger partial charge on any atom is 0.222 e. The molecule has 2 fully saturated rings. The first-order valence-corrected chi connectivity index (χ1v) is 10.2. The van der Waals surface area contributed by atoms with Crippen LogP contribution in [0.2, 0.25) is 0 Å². The molecule has 0 spiro atoms. The van der Waals surface area contributed by atoms with E-state index in [1.54, 1.807) is 0 Å². The van der Waals surface area contributed by atoms with Gasteiger partial charge in [-0.05, 0) is 31.4 Å². The van der Waals surface area contributed by atoms with E-state index in [1.165, 1.54) is 18.4 Å². The second-order valence-electron chi connectivity index (χ2n) is 7.53. The van der Waals surface area contributed by atoms with Crippen LogP contribution in [0.1, 0.15) is 38.2 Å². The van der Waals surface area contributed by atoms with Crippen molar-refractivity contribution in [2.75, 3.05) is 33.2 Å². The Morgan fingerprint density at radius 3 is 2.78 bits per heavy atom. The molecule has 2 saturated heterocycles. The molecule has 2 heterocycles. The quantitative estimate of drug-likeness (QED) is 0.592. The van der Waals surface area contributed by atoms with Crippen LogP contribution in [0.15, 0.2) is 35.3 Å². The molecule has 0 aromatic heterocycles. The number of hydrogen-bond acceptors (Lipinski definition) is 3. The summed E-state index contributed by atoms with van der Waals surface area (Å²) in [7, 11) is 1.82. The number of carbonyl (C=O) groups is 1. The van der Waals surface area contributed by atoms with Crippen LogP contribution in [0.4, 0.5) is 0 Å². The molecule has 148 valence electrons. The Hall–Kier alpha value is -2.08. The molecule has 3 rings (SSSR count). The highest BCUT2D eigenvalue weighted by molar-refractivity contribution is 5.80. The van der Waals surface area contributed by atoms with Crippen LogP contribution in [0.25, 0.3) is 0 Å². The molecule has 27 heavy (non-hydrogen) atoms. The molecule has 2 aliphatic heterocycles. The lowest BCUT2D eigenvalue weighted by atomic mass is 10.2. The van der Waals surface area contributed by atoms with E-state index in [0.717, 1.165) is 45.1 Å². The zero-order chi connectivity index (χ0) is 19.1. The highest BCUT2D eigenvalue weighted by Gasteiger charge is 2.27. The van der Waals surface area contributed by atoms with Gasteiger partial charge in [-0.1, -0.05) is 37.3 Å². The van der Waals surface area contributed by atoms with E-state index in [4.69, 9.17) is 0 Å².